The standard InChI is InChI=1S/C17H31NSi2/c1-15(2)13-19(20(6,7)17(3,4)5)14-18-16-11-9-8-10-12-16/h8-13,18-19H,14H2,1-7H3. The highest BCUT2D eigenvalue weighted by molar-refractivity contribution is 7.35. The quantitative estimate of drug-likeness (QED) is 0.758. The maximum Gasteiger partial charge on any atom is 0.0772 e. The number of rotatable bonds is 5. The van der Waals surface area contributed by atoms with Crippen LogP contribution in [0, 0.1) is 0 Å². The van der Waals surface area contributed by atoms with E-state index in [0.717, 1.165) is 0 Å². The van der Waals surface area contributed by atoms with Crippen LogP contribution in [0.15, 0.2) is 41.6 Å². The molecule has 1 nitrogen and oxygen atoms in total. The molecule has 1 atom stereocenters. The fourth-order valence-electron chi connectivity index (χ4n) is 2.26. The first-order chi connectivity index (χ1) is 9.14. The number of benzene rings is 1. The summed E-state index contributed by atoms with van der Waals surface area (Å²) >= 11 is 0. The number of allylic oxidation sites excluding steroid dienone is 1. The highest BCUT2D eigenvalue weighted by Gasteiger charge is 2.41. The molecule has 0 aliphatic carbocycles. The van der Waals surface area contributed by atoms with Crippen LogP contribution in [0.1, 0.15) is 34.6 Å². The van der Waals surface area contributed by atoms with Crippen LogP contribution in [0.5, 0.6) is 0 Å². The number of anilines is 1. The highest BCUT2D eigenvalue weighted by atomic mass is 29.2. The maximum absolute atomic E-state index is 3.68. The minimum absolute atomic E-state index is 0.466. The van der Waals surface area contributed by atoms with Crippen molar-refractivity contribution in [1.29, 1.82) is 0 Å². The minimum Gasteiger partial charge on any atom is -0.388 e. The third-order valence-electron chi connectivity index (χ3n) is 4.69. The molecule has 1 N–H and O–H groups in total. The lowest BCUT2D eigenvalue weighted by atomic mass is 10.2. The zero-order valence-corrected chi connectivity index (χ0v) is 16.4. The summed E-state index contributed by atoms with van der Waals surface area (Å²) in [5.74, 6) is 0. The fourth-order valence-corrected chi connectivity index (χ4v) is 13.1. The lowest BCUT2D eigenvalue weighted by Gasteiger charge is -2.42. The van der Waals surface area contributed by atoms with E-state index >= 15 is 0 Å². The number of hydrogen-bond acceptors (Lipinski definition) is 1. The average Bonchev–Trinajstić information content (AvgIpc) is 2.33. The molecule has 0 spiro atoms. The van der Waals surface area contributed by atoms with E-state index in [4.69, 9.17) is 0 Å². The second-order valence-corrected chi connectivity index (χ2v) is 21.0. The molecule has 20 heavy (non-hydrogen) atoms. The summed E-state index contributed by atoms with van der Waals surface area (Å²) in [7, 11) is -2.18. The van der Waals surface area contributed by atoms with E-state index in [1.54, 1.807) is 0 Å². The average molecular weight is 306 g/mol. The van der Waals surface area contributed by atoms with Gasteiger partial charge >= 0.3 is 0 Å². The summed E-state index contributed by atoms with van der Waals surface area (Å²) in [5.41, 5.74) is 5.36. The predicted octanol–water partition coefficient (Wildman–Crippen LogP) is 4.96. The molecule has 0 aliphatic heterocycles. The van der Waals surface area contributed by atoms with Gasteiger partial charge < -0.3 is 5.32 Å². The van der Waals surface area contributed by atoms with E-state index in [2.05, 4.69) is 89.1 Å². The Morgan fingerprint density at radius 2 is 1.70 bits per heavy atom. The van der Waals surface area contributed by atoms with Crippen LogP contribution in [0.4, 0.5) is 5.69 Å². The Balaban J connectivity index is 2.89. The van der Waals surface area contributed by atoms with Crippen LogP contribution >= 0.6 is 0 Å². The molecule has 112 valence electrons. The molecule has 1 rings (SSSR count). The third-order valence-corrected chi connectivity index (χ3v) is 21.4. The topological polar surface area (TPSA) is 12.0 Å². The molecule has 0 bridgehead atoms. The van der Waals surface area contributed by atoms with Crippen molar-refractivity contribution in [2.24, 2.45) is 0 Å². The van der Waals surface area contributed by atoms with Gasteiger partial charge in [0.15, 0.2) is 0 Å². The summed E-state index contributed by atoms with van der Waals surface area (Å²) in [5, 5.41) is 4.15. The van der Waals surface area contributed by atoms with Gasteiger partial charge in [0.1, 0.15) is 0 Å². The number of para-hydroxylation sites is 1. The highest BCUT2D eigenvalue weighted by Crippen LogP contribution is 2.38. The van der Waals surface area contributed by atoms with Gasteiger partial charge in [-0.1, -0.05) is 63.3 Å². The first-order valence-electron chi connectivity index (χ1n) is 7.58. The Labute approximate surface area is 127 Å². The Morgan fingerprint density at radius 1 is 1.15 bits per heavy atom. The van der Waals surface area contributed by atoms with Crippen LogP contribution in [0.2, 0.25) is 18.1 Å². The van der Waals surface area contributed by atoms with E-state index in [0.29, 0.717) is 5.04 Å². The Kier molecular flexibility index (Phi) is 5.83. The monoisotopic (exact) mass is 305 g/mol. The van der Waals surface area contributed by atoms with Gasteiger partial charge in [-0.05, 0) is 31.0 Å². The van der Waals surface area contributed by atoms with Crippen LogP contribution < -0.4 is 5.32 Å². The molecule has 0 aromatic heterocycles. The lowest BCUT2D eigenvalue weighted by molar-refractivity contribution is 0.733. The van der Waals surface area contributed by atoms with Gasteiger partial charge in [-0.25, -0.2) is 0 Å². The van der Waals surface area contributed by atoms with E-state index in [1.165, 1.54) is 17.4 Å². The first kappa shape index (κ1) is 17.2. The lowest BCUT2D eigenvalue weighted by Crippen LogP contribution is -2.55. The molecule has 0 amide bonds. The second-order valence-electron chi connectivity index (χ2n) is 7.57. The molecule has 1 aromatic rings. The molecular weight excluding hydrogens is 274 g/mol. The molecule has 0 saturated carbocycles. The first-order valence-corrected chi connectivity index (χ1v) is 13.9. The summed E-state index contributed by atoms with van der Waals surface area (Å²) in [6.45, 7) is 16.9. The van der Waals surface area contributed by atoms with E-state index in [1.807, 2.05) is 0 Å². The fraction of sp³-hybridized carbons (Fsp3) is 0.529. The van der Waals surface area contributed by atoms with Gasteiger partial charge in [-0.3, -0.25) is 0 Å². The van der Waals surface area contributed by atoms with Gasteiger partial charge in [0.2, 0.25) is 0 Å². The summed E-state index contributed by atoms with van der Waals surface area (Å²) < 4.78 is 0. The Bertz CT molecular complexity index is 440. The maximum atomic E-state index is 3.68. The normalized spacial score (nSPS) is 13.8. The van der Waals surface area contributed by atoms with Crippen molar-refractivity contribution in [2.45, 2.75) is 52.8 Å². The zero-order chi connectivity index (χ0) is 15.4. The predicted molar refractivity (Wildman–Crippen MR) is 98.7 cm³/mol. The largest absolute Gasteiger partial charge is 0.388 e. The molecule has 0 aliphatic rings. The van der Waals surface area contributed by atoms with E-state index in [9.17, 15) is 0 Å². The van der Waals surface area contributed by atoms with Gasteiger partial charge in [0, 0.05) is 19.4 Å². The minimum atomic E-state index is -1.25. The van der Waals surface area contributed by atoms with Gasteiger partial charge in [-0.15, -0.1) is 0 Å². The van der Waals surface area contributed by atoms with Gasteiger partial charge in [0.05, 0.1) is 8.31 Å². The van der Waals surface area contributed by atoms with Crippen molar-refractivity contribution in [2.75, 3.05) is 11.5 Å². The summed E-state index contributed by atoms with van der Waals surface area (Å²) in [6.07, 6.45) is 1.17. The van der Waals surface area contributed by atoms with Crippen LogP contribution in [-0.4, -0.2) is 22.1 Å². The van der Waals surface area contributed by atoms with Gasteiger partial charge in [0.25, 0.3) is 0 Å². The van der Waals surface area contributed by atoms with Crippen molar-refractivity contribution >= 4 is 21.6 Å². The number of nitrogens with one attached hydrogen (secondary N) is 1. The molecule has 1 unspecified atom stereocenters. The molecule has 0 heterocycles. The molecule has 0 saturated heterocycles. The van der Waals surface area contributed by atoms with E-state index < -0.39 is 15.9 Å². The number of hydrogen-bond donors (Lipinski definition) is 1. The Hall–Kier alpha value is -0.806. The van der Waals surface area contributed by atoms with Gasteiger partial charge in [-0.2, -0.15) is 0 Å². The van der Waals surface area contributed by atoms with Crippen molar-refractivity contribution in [3.05, 3.63) is 41.6 Å². The van der Waals surface area contributed by atoms with E-state index in [-0.39, 0.29) is 0 Å². The van der Waals surface area contributed by atoms with Crippen molar-refractivity contribution in [3.8, 4) is 0 Å². The molecular formula is C17H31NSi2. The molecule has 1 aromatic carbocycles. The van der Waals surface area contributed by atoms with Crippen molar-refractivity contribution < 1.29 is 0 Å². The summed E-state index contributed by atoms with van der Waals surface area (Å²) in [4.78, 5) is 0. The Morgan fingerprint density at radius 3 is 2.15 bits per heavy atom. The second kappa shape index (κ2) is 6.77. The van der Waals surface area contributed by atoms with Crippen LogP contribution in [0.25, 0.3) is 0 Å². The van der Waals surface area contributed by atoms with Crippen LogP contribution in [-0.2, 0) is 0 Å². The SMILES string of the molecule is CC(C)=C[SiH](CNc1ccccc1)[Si](C)(C)C(C)(C)C. The molecule has 0 radical (unpaired) electrons. The van der Waals surface area contributed by atoms with Crippen molar-refractivity contribution in [3.63, 3.8) is 0 Å². The zero-order valence-electron chi connectivity index (χ0n) is 14.2. The third kappa shape index (κ3) is 4.63. The van der Waals surface area contributed by atoms with Crippen LogP contribution in [0.3, 0.4) is 0 Å². The summed E-state index contributed by atoms with van der Waals surface area (Å²) in [6, 6.07) is 10.6. The molecule has 3 heteroatoms. The molecule has 0 fully saturated rings. The smallest absolute Gasteiger partial charge is 0.0772 e. The van der Waals surface area contributed by atoms with Crippen molar-refractivity contribution in [1.82, 2.24) is 0 Å².